The summed E-state index contributed by atoms with van der Waals surface area (Å²) in [6, 6.07) is 9.42. The second-order valence-electron chi connectivity index (χ2n) is 14.9. The maximum Gasteiger partial charge on any atom is 0.414 e. The SMILES string of the molecule is C=C[C@]1(C)CC(OC(=O)NC(=O)C2CCN(C(=O)OCc3ccccc3)CC2)C2(C)C(C)CCC3(CCC(=O)C32)C(C)[C@@H]1OC(C)=O. The molecule has 47 heavy (non-hydrogen) atoms. The number of benzene rings is 1. The van der Waals surface area contributed by atoms with E-state index in [1.165, 1.54) is 6.92 Å². The summed E-state index contributed by atoms with van der Waals surface area (Å²) in [6.07, 6.45) is 3.02. The summed E-state index contributed by atoms with van der Waals surface area (Å²) >= 11 is 0. The van der Waals surface area contributed by atoms with Crippen LogP contribution < -0.4 is 5.32 Å². The Morgan fingerprint density at radius 2 is 1.70 bits per heavy atom. The van der Waals surface area contributed by atoms with E-state index in [4.69, 9.17) is 14.2 Å². The number of ether oxygens (including phenoxy) is 3. The van der Waals surface area contributed by atoms with Gasteiger partial charge in [-0.1, -0.05) is 64.1 Å². The van der Waals surface area contributed by atoms with Crippen molar-refractivity contribution in [2.45, 2.75) is 98.4 Å². The Morgan fingerprint density at radius 1 is 1.02 bits per heavy atom. The van der Waals surface area contributed by atoms with Gasteiger partial charge in [-0.05, 0) is 55.4 Å². The second-order valence-corrected chi connectivity index (χ2v) is 14.9. The molecule has 1 aromatic carbocycles. The summed E-state index contributed by atoms with van der Waals surface area (Å²) in [5.41, 5.74) is -0.976. The molecule has 4 fully saturated rings. The first kappa shape index (κ1) is 34.6. The maximum absolute atomic E-state index is 13.8. The Bertz CT molecular complexity index is 1390. The van der Waals surface area contributed by atoms with Crippen LogP contribution in [0.4, 0.5) is 9.59 Å². The molecular weight excluding hydrogens is 600 g/mol. The standard InChI is InChI=1S/C37H50N2O8/c1-7-35(5)21-29(36(6)23(2)13-17-37(18-14-28(41)30(36)37)24(3)31(35)46-25(4)40)47-33(43)38-32(42)27-15-19-39(20-16-27)34(44)45-22-26-11-9-8-10-12-26/h7-12,23-24,27,29-31H,1,13-22H2,2-6H3,(H,38,42,43)/t23?,24?,29?,30?,31-,35+,36?,37?/m0/s1. The van der Waals surface area contributed by atoms with Crippen LogP contribution >= 0.6 is 0 Å². The van der Waals surface area contributed by atoms with Crippen LogP contribution in [-0.4, -0.2) is 60.0 Å². The molecule has 1 heterocycles. The molecule has 1 aromatic rings. The van der Waals surface area contributed by atoms with Crippen LogP contribution in [0.15, 0.2) is 43.0 Å². The van der Waals surface area contributed by atoms with Crippen molar-refractivity contribution < 1.29 is 38.2 Å². The molecule has 1 aliphatic heterocycles. The van der Waals surface area contributed by atoms with E-state index in [9.17, 15) is 24.0 Å². The zero-order chi connectivity index (χ0) is 34.1. The van der Waals surface area contributed by atoms with Gasteiger partial charge in [-0.25, -0.2) is 9.59 Å². The van der Waals surface area contributed by atoms with Gasteiger partial charge in [0.1, 0.15) is 24.6 Å². The molecule has 5 rings (SSSR count). The molecule has 0 aromatic heterocycles. The Balaban J connectivity index is 1.29. The first-order chi connectivity index (χ1) is 22.2. The minimum Gasteiger partial charge on any atom is -0.461 e. The number of piperidine rings is 1. The van der Waals surface area contributed by atoms with Gasteiger partial charge < -0.3 is 19.1 Å². The van der Waals surface area contributed by atoms with Crippen molar-refractivity contribution >= 4 is 29.8 Å². The number of hydrogen-bond donors (Lipinski definition) is 1. The maximum atomic E-state index is 13.8. The molecule has 1 saturated heterocycles. The number of ketones is 1. The molecule has 2 bridgehead atoms. The molecule has 4 aliphatic rings. The van der Waals surface area contributed by atoms with Crippen molar-refractivity contribution in [2.24, 2.45) is 39.9 Å². The van der Waals surface area contributed by atoms with Crippen molar-refractivity contribution in [2.75, 3.05) is 13.1 Å². The summed E-state index contributed by atoms with van der Waals surface area (Å²) in [7, 11) is 0. The van der Waals surface area contributed by atoms with Gasteiger partial charge in [0.15, 0.2) is 0 Å². The fourth-order valence-electron chi connectivity index (χ4n) is 9.39. The number of carbonyl (C=O) groups excluding carboxylic acids is 5. The van der Waals surface area contributed by atoms with E-state index in [0.29, 0.717) is 38.8 Å². The molecule has 10 heteroatoms. The largest absolute Gasteiger partial charge is 0.461 e. The molecule has 0 spiro atoms. The molecule has 8 atom stereocenters. The van der Waals surface area contributed by atoms with Crippen LogP contribution in [0.25, 0.3) is 0 Å². The summed E-state index contributed by atoms with van der Waals surface area (Å²) in [4.78, 5) is 67.1. The Hall–Kier alpha value is -3.69. The van der Waals surface area contributed by atoms with E-state index in [0.717, 1.165) is 18.4 Å². The highest BCUT2D eigenvalue weighted by Crippen LogP contribution is 2.68. The summed E-state index contributed by atoms with van der Waals surface area (Å²) in [6.45, 7) is 14.6. The number of rotatable bonds is 6. The van der Waals surface area contributed by atoms with Crippen LogP contribution in [0.3, 0.4) is 0 Å². The molecule has 10 nitrogen and oxygen atoms in total. The van der Waals surface area contributed by atoms with Crippen molar-refractivity contribution in [3.8, 4) is 0 Å². The first-order valence-electron chi connectivity index (χ1n) is 17.1. The molecule has 3 saturated carbocycles. The minimum absolute atomic E-state index is 0.0636. The van der Waals surface area contributed by atoms with E-state index >= 15 is 0 Å². The Labute approximate surface area is 277 Å². The number of Topliss-reactive ketones (excluding diaryl/α,β-unsaturated/α-hetero) is 1. The second kappa shape index (κ2) is 13.4. The Morgan fingerprint density at radius 3 is 2.34 bits per heavy atom. The fourth-order valence-corrected chi connectivity index (χ4v) is 9.39. The van der Waals surface area contributed by atoms with E-state index in [1.807, 2.05) is 37.3 Å². The van der Waals surface area contributed by atoms with Gasteiger partial charge in [-0.15, -0.1) is 6.58 Å². The van der Waals surface area contributed by atoms with Gasteiger partial charge in [-0.3, -0.25) is 19.7 Å². The van der Waals surface area contributed by atoms with Gasteiger partial charge >= 0.3 is 18.2 Å². The average molecular weight is 651 g/mol. The van der Waals surface area contributed by atoms with Gasteiger partial charge in [0.2, 0.25) is 5.91 Å². The smallest absolute Gasteiger partial charge is 0.414 e. The monoisotopic (exact) mass is 650 g/mol. The predicted molar refractivity (Wildman–Crippen MR) is 174 cm³/mol. The van der Waals surface area contributed by atoms with Crippen molar-refractivity contribution in [3.05, 3.63) is 48.6 Å². The lowest BCUT2D eigenvalue weighted by Gasteiger charge is -2.62. The third kappa shape index (κ3) is 6.44. The zero-order valence-corrected chi connectivity index (χ0v) is 28.4. The van der Waals surface area contributed by atoms with Gasteiger partial charge in [-0.2, -0.15) is 0 Å². The molecule has 1 N–H and O–H groups in total. The summed E-state index contributed by atoms with van der Waals surface area (Å²) in [5, 5.41) is 2.47. The number of esters is 1. The van der Waals surface area contributed by atoms with Crippen LogP contribution in [0.2, 0.25) is 0 Å². The van der Waals surface area contributed by atoms with Crippen LogP contribution in [-0.2, 0) is 35.2 Å². The highest BCUT2D eigenvalue weighted by molar-refractivity contribution is 5.93. The number of nitrogens with one attached hydrogen (secondary N) is 1. The predicted octanol–water partition coefficient (Wildman–Crippen LogP) is 6.22. The normalized spacial score (nSPS) is 35.5. The highest BCUT2D eigenvalue weighted by atomic mass is 16.6. The zero-order valence-electron chi connectivity index (χ0n) is 28.4. The number of carbonyl (C=O) groups is 5. The van der Waals surface area contributed by atoms with E-state index in [1.54, 1.807) is 11.0 Å². The quantitative estimate of drug-likeness (QED) is 0.218. The van der Waals surface area contributed by atoms with Crippen LogP contribution in [0.5, 0.6) is 0 Å². The number of hydrogen-bond acceptors (Lipinski definition) is 8. The molecule has 256 valence electrons. The number of nitrogens with zero attached hydrogens (tertiary/aromatic N) is 1. The molecule has 3 amide bonds. The number of likely N-dealkylation sites (tertiary alicyclic amines) is 1. The van der Waals surface area contributed by atoms with E-state index in [-0.39, 0.29) is 36.6 Å². The third-order valence-corrected chi connectivity index (χ3v) is 12.4. The van der Waals surface area contributed by atoms with Crippen molar-refractivity contribution in [1.82, 2.24) is 10.2 Å². The topological polar surface area (TPSA) is 128 Å². The lowest BCUT2D eigenvalue weighted by atomic mass is 9.44. The van der Waals surface area contributed by atoms with Crippen LogP contribution in [0, 0.1) is 39.9 Å². The lowest BCUT2D eigenvalue weighted by molar-refractivity contribution is -0.202. The molecule has 0 radical (unpaired) electrons. The van der Waals surface area contributed by atoms with Gasteiger partial charge in [0, 0.05) is 55.0 Å². The molecular formula is C37H50N2O8. The molecule has 3 aliphatic carbocycles. The summed E-state index contributed by atoms with van der Waals surface area (Å²) < 4.78 is 17.7. The van der Waals surface area contributed by atoms with E-state index < -0.39 is 58.4 Å². The third-order valence-electron chi connectivity index (χ3n) is 12.4. The van der Waals surface area contributed by atoms with Gasteiger partial charge in [0.25, 0.3) is 0 Å². The van der Waals surface area contributed by atoms with Crippen molar-refractivity contribution in [1.29, 1.82) is 0 Å². The lowest BCUT2D eigenvalue weighted by Crippen LogP contribution is -2.63. The highest BCUT2D eigenvalue weighted by Gasteiger charge is 2.69. The number of alkyl carbamates (subject to hydrolysis) is 1. The number of amides is 3. The number of imide groups is 1. The average Bonchev–Trinajstić information content (AvgIpc) is 3.41. The van der Waals surface area contributed by atoms with Crippen LogP contribution in [0.1, 0.15) is 85.1 Å². The molecule has 6 unspecified atom stereocenters. The minimum atomic E-state index is -0.858. The Kier molecular flexibility index (Phi) is 9.90. The van der Waals surface area contributed by atoms with Gasteiger partial charge in [0.05, 0.1) is 0 Å². The van der Waals surface area contributed by atoms with E-state index in [2.05, 4.69) is 32.7 Å². The summed E-state index contributed by atoms with van der Waals surface area (Å²) in [5.74, 6) is -1.60. The van der Waals surface area contributed by atoms with Crippen molar-refractivity contribution in [3.63, 3.8) is 0 Å². The fraction of sp³-hybridized carbons (Fsp3) is 0.649. The first-order valence-corrected chi connectivity index (χ1v) is 17.1.